The molecule has 0 aromatic heterocycles. The van der Waals surface area contributed by atoms with Crippen LogP contribution in [0.2, 0.25) is 0 Å². The van der Waals surface area contributed by atoms with Crippen molar-refractivity contribution < 1.29 is 9.53 Å². The summed E-state index contributed by atoms with van der Waals surface area (Å²) in [5.74, 6) is 0.568. The minimum atomic E-state index is -0.0627. The van der Waals surface area contributed by atoms with Crippen LogP contribution in [0.15, 0.2) is 59.1 Å². The molecule has 0 aliphatic heterocycles. The lowest BCUT2D eigenvalue weighted by atomic mass is 10.1. The number of nitriles is 1. The van der Waals surface area contributed by atoms with Gasteiger partial charge in [-0.1, -0.05) is 46.3 Å². The lowest BCUT2D eigenvalue weighted by molar-refractivity contribution is 0.104. The number of ether oxygens (including phenoxy) is 1. The molecule has 21 heavy (non-hydrogen) atoms. The second-order valence-corrected chi connectivity index (χ2v) is 5.05. The van der Waals surface area contributed by atoms with E-state index in [2.05, 4.69) is 15.9 Å². The van der Waals surface area contributed by atoms with Gasteiger partial charge in [0, 0.05) is 10.0 Å². The quantitative estimate of drug-likeness (QED) is 0.603. The Morgan fingerprint density at radius 3 is 2.57 bits per heavy atom. The van der Waals surface area contributed by atoms with Crippen LogP contribution in [0.1, 0.15) is 15.9 Å². The highest BCUT2D eigenvalue weighted by Gasteiger charge is 2.05. The number of ketones is 1. The van der Waals surface area contributed by atoms with Gasteiger partial charge in [-0.3, -0.25) is 4.79 Å². The van der Waals surface area contributed by atoms with Crippen LogP contribution in [-0.4, -0.2) is 12.4 Å². The van der Waals surface area contributed by atoms with Gasteiger partial charge in [0.25, 0.3) is 0 Å². The lowest BCUT2D eigenvalue weighted by Crippen LogP contribution is -1.95. The zero-order chi connectivity index (χ0) is 15.1. The van der Waals surface area contributed by atoms with E-state index in [4.69, 9.17) is 10.00 Å². The van der Waals surface area contributed by atoms with Crippen LogP contribution in [0.5, 0.6) is 5.75 Å². The molecule has 0 unspecified atom stereocenters. The molecule has 104 valence electrons. The minimum Gasteiger partial charge on any atom is -0.479 e. The normalized spacial score (nSPS) is 10.3. The van der Waals surface area contributed by atoms with E-state index < -0.39 is 0 Å². The second kappa shape index (κ2) is 7.41. The largest absolute Gasteiger partial charge is 0.479 e. The molecule has 0 fully saturated rings. The average Bonchev–Trinajstić information content (AvgIpc) is 2.52. The van der Waals surface area contributed by atoms with Crippen LogP contribution < -0.4 is 4.74 Å². The summed E-state index contributed by atoms with van der Waals surface area (Å²) < 4.78 is 5.94. The molecule has 0 aliphatic carbocycles. The standard InChI is InChI=1S/C17H12BrNO2/c18-16-4-2-1-3-15(16)17(20)10-7-13-5-8-14(9-6-13)21-12-11-19/h1-10H,12H2/b10-7+. The smallest absolute Gasteiger partial charge is 0.186 e. The second-order valence-electron chi connectivity index (χ2n) is 4.19. The van der Waals surface area contributed by atoms with E-state index in [9.17, 15) is 4.79 Å². The number of carbonyl (C=O) groups is 1. The Morgan fingerprint density at radius 2 is 1.90 bits per heavy atom. The van der Waals surface area contributed by atoms with Gasteiger partial charge in [-0.25, -0.2) is 0 Å². The van der Waals surface area contributed by atoms with Crippen molar-refractivity contribution in [3.8, 4) is 11.8 Å². The molecule has 0 aliphatic rings. The number of hydrogen-bond acceptors (Lipinski definition) is 3. The maximum atomic E-state index is 12.1. The number of allylic oxidation sites excluding steroid dienone is 1. The summed E-state index contributed by atoms with van der Waals surface area (Å²) in [6, 6.07) is 16.4. The third-order valence-electron chi connectivity index (χ3n) is 2.75. The molecule has 0 spiro atoms. The van der Waals surface area contributed by atoms with E-state index in [1.807, 2.05) is 36.4 Å². The Bertz CT molecular complexity index is 699. The molecule has 0 saturated heterocycles. The highest BCUT2D eigenvalue weighted by molar-refractivity contribution is 9.10. The average molecular weight is 342 g/mol. The van der Waals surface area contributed by atoms with Gasteiger partial charge in [-0.05, 0) is 35.9 Å². The van der Waals surface area contributed by atoms with Gasteiger partial charge in [-0.15, -0.1) is 0 Å². The lowest BCUT2D eigenvalue weighted by Gasteiger charge is -2.01. The Labute approximate surface area is 131 Å². The summed E-state index contributed by atoms with van der Waals surface area (Å²) >= 11 is 3.36. The van der Waals surface area contributed by atoms with Gasteiger partial charge in [0.15, 0.2) is 12.4 Å². The molecule has 2 aromatic rings. The first kappa shape index (κ1) is 15.0. The van der Waals surface area contributed by atoms with Crippen molar-refractivity contribution in [2.45, 2.75) is 0 Å². The molecule has 0 radical (unpaired) electrons. The summed E-state index contributed by atoms with van der Waals surface area (Å²) in [6.45, 7) is 0.0235. The zero-order valence-electron chi connectivity index (χ0n) is 11.1. The molecule has 2 rings (SSSR count). The van der Waals surface area contributed by atoms with Gasteiger partial charge in [0.1, 0.15) is 11.8 Å². The Hall–Kier alpha value is -2.38. The molecule has 3 nitrogen and oxygen atoms in total. The Kier molecular flexibility index (Phi) is 5.30. The van der Waals surface area contributed by atoms with Crippen molar-refractivity contribution in [1.82, 2.24) is 0 Å². The highest BCUT2D eigenvalue weighted by Crippen LogP contribution is 2.18. The van der Waals surface area contributed by atoms with Gasteiger partial charge in [0.2, 0.25) is 0 Å². The number of halogens is 1. The van der Waals surface area contributed by atoms with Gasteiger partial charge < -0.3 is 4.74 Å². The predicted molar refractivity (Wildman–Crippen MR) is 85.1 cm³/mol. The molecular formula is C17H12BrNO2. The number of carbonyl (C=O) groups excluding carboxylic acids is 1. The summed E-state index contributed by atoms with van der Waals surface area (Å²) in [7, 11) is 0. The highest BCUT2D eigenvalue weighted by atomic mass is 79.9. The first-order valence-electron chi connectivity index (χ1n) is 6.27. The van der Waals surface area contributed by atoms with Crippen LogP contribution in [0, 0.1) is 11.3 Å². The molecule has 0 N–H and O–H groups in total. The number of benzene rings is 2. The topological polar surface area (TPSA) is 50.1 Å². The van der Waals surface area contributed by atoms with Gasteiger partial charge >= 0.3 is 0 Å². The van der Waals surface area contributed by atoms with E-state index in [1.165, 1.54) is 6.08 Å². The Morgan fingerprint density at radius 1 is 1.19 bits per heavy atom. The molecule has 2 aromatic carbocycles. The molecule has 0 amide bonds. The summed E-state index contributed by atoms with van der Waals surface area (Å²) in [6.07, 6.45) is 3.28. The third-order valence-corrected chi connectivity index (χ3v) is 3.44. The van der Waals surface area contributed by atoms with E-state index in [1.54, 1.807) is 24.3 Å². The van der Waals surface area contributed by atoms with Gasteiger partial charge in [0.05, 0.1) is 0 Å². The maximum absolute atomic E-state index is 12.1. The van der Waals surface area contributed by atoms with Crippen LogP contribution in [-0.2, 0) is 0 Å². The molecule has 4 heteroatoms. The van der Waals surface area contributed by atoms with Crippen molar-refractivity contribution in [3.63, 3.8) is 0 Å². The maximum Gasteiger partial charge on any atom is 0.186 e. The van der Waals surface area contributed by atoms with Crippen molar-refractivity contribution >= 4 is 27.8 Å². The summed E-state index contributed by atoms with van der Waals surface area (Å²) in [5, 5.41) is 8.43. The monoisotopic (exact) mass is 341 g/mol. The SMILES string of the molecule is N#CCOc1ccc(/C=C/C(=O)c2ccccc2Br)cc1. The van der Waals surface area contributed by atoms with E-state index in [0.717, 1.165) is 10.0 Å². The van der Waals surface area contributed by atoms with Crippen LogP contribution in [0.4, 0.5) is 0 Å². The zero-order valence-corrected chi connectivity index (χ0v) is 12.7. The number of nitrogens with zero attached hydrogens (tertiary/aromatic N) is 1. The molecular weight excluding hydrogens is 330 g/mol. The first-order chi connectivity index (χ1) is 10.2. The fourth-order valence-electron chi connectivity index (χ4n) is 1.71. The molecule has 0 saturated carbocycles. The van der Waals surface area contributed by atoms with E-state index in [-0.39, 0.29) is 12.4 Å². The fraction of sp³-hybridized carbons (Fsp3) is 0.0588. The Balaban J connectivity index is 2.06. The van der Waals surface area contributed by atoms with Gasteiger partial charge in [-0.2, -0.15) is 5.26 Å². The summed E-state index contributed by atoms with van der Waals surface area (Å²) in [4.78, 5) is 12.1. The van der Waals surface area contributed by atoms with E-state index in [0.29, 0.717) is 11.3 Å². The third kappa shape index (κ3) is 4.30. The molecule has 0 bridgehead atoms. The van der Waals surface area contributed by atoms with Crippen LogP contribution in [0.3, 0.4) is 0 Å². The number of rotatable bonds is 5. The molecule has 0 heterocycles. The van der Waals surface area contributed by atoms with Crippen LogP contribution >= 0.6 is 15.9 Å². The fourth-order valence-corrected chi connectivity index (χ4v) is 2.19. The van der Waals surface area contributed by atoms with Crippen molar-refractivity contribution in [1.29, 1.82) is 5.26 Å². The predicted octanol–water partition coefficient (Wildman–Crippen LogP) is 4.25. The van der Waals surface area contributed by atoms with Crippen molar-refractivity contribution in [2.24, 2.45) is 0 Å². The summed E-state index contributed by atoms with van der Waals surface area (Å²) in [5.41, 5.74) is 1.52. The van der Waals surface area contributed by atoms with E-state index >= 15 is 0 Å². The van der Waals surface area contributed by atoms with Crippen molar-refractivity contribution in [2.75, 3.05) is 6.61 Å². The minimum absolute atomic E-state index is 0.0235. The first-order valence-corrected chi connectivity index (χ1v) is 7.07. The van der Waals surface area contributed by atoms with Crippen molar-refractivity contribution in [3.05, 3.63) is 70.2 Å². The van der Waals surface area contributed by atoms with Crippen LogP contribution in [0.25, 0.3) is 6.08 Å². The number of hydrogen-bond donors (Lipinski definition) is 0. The molecule has 0 atom stereocenters.